The molecule has 0 radical (unpaired) electrons. The quantitative estimate of drug-likeness (QED) is 0.0348. The highest BCUT2D eigenvalue weighted by Crippen LogP contribution is 2.16. The fourth-order valence-electron chi connectivity index (χ4n) is 7.38. The first kappa shape index (κ1) is 53.4. The number of rotatable bonds is 45. The van der Waals surface area contributed by atoms with E-state index in [0.717, 1.165) is 57.8 Å². The Morgan fingerprint density at radius 3 is 0.727 bits per heavy atom. The van der Waals surface area contributed by atoms with Crippen LogP contribution in [0, 0.1) is 0 Å². The average Bonchev–Trinajstić information content (AvgIpc) is 3.18. The molecular weight excluding hydrogens is 685 g/mol. The molecule has 0 heterocycles. The first-order valence-corrected chi connectivity index (χ1v) is 24.5. The Kier molecular flexibility index (Phi) is 43.8. The first-order valence-electron chi connectivity index (χ1n) is 24.5. The Morgan fingerprint density at radius 1 is 0.291 bits per heavy atom. The lowest BCUT2D eigenvalue weighted by Crippen LogP contribution is -2.30. The maximum Gasteiger partial charge on any atom is 0.306 e. The molecule has 55 heavy (non-hydrogen) atoms. The van der Waals surface area contributed by atoms with E-state index in [2.05, 4.69) is 20.8 Å². The second-order valence-electron chi connectivity index (χ2n) is 16.7. The minimum Gasteiger partial charge on any atom is -0.462 e. The van der Waals surface area contributed by atoms with Gasteiger partial charge in [0.05, 0.1) is 0 Å². The molecule has 0 N–H and O–H groups in total. The molecular formula is C49H94O6. The van der Waals surface area contributed by atoms with E-state index in [-0.39, 0.29) is 31.1 Å². The van der Waals surface area contributed by atoms with Gasteiger partial charge in [0.15, 0.2) is 6.10 Å². The molecule has 1 unspecified atom stereocenters. The summed E-state index contributed by atoms with van der Waals surface area (Å²) in [6.45, 7) is 6.61. The van der Waals surface area contributed by atoms with Gasteiger partial charge in [-0.3, -0.25) is 14.4 Å². The molecule has 0 aromatic carbocycles. The predicted molar refractivity (Wildman–Crippen MR) is 233 cm³/mol. The van der Waals surface area contributed by atoms with E-state index >= 15 is 0 Å². The molecule has 0 bridgehead atoms. The zero-order chi connectivity index (χ0) is 40.1. The number of carbonyl (C=O) groups is 3. The van der Waals surface area contributed by atoms with Gasteiger partial charge >= 0.3 is 17.9 Å². The van der Waals surface area contributed by atoms with E-state index in [1.807, 2.05) is 0 Å². The molecule has 0 aliphatic rings. The van der Waals surface area contributed by atoms with Crippen molar-refractivity contribution in [3.8, 4) is 0 Å². The molecule has 326 valence electrons. The zero-order valence-electron chi connectivity index (χ0n) is 37.2. The third kappa shape index (κ3) is 43.4. The van der Waals surface area contributed by atoms with Gasteiger partial charge in [-0.05, 0) is 19.3 Å². The van der Waals surface area contributed by atoms with Crippen LogP contribution in [0.5, 0.6) is 0 Å². The smallest absolute Gasteiger partial charge is 0.306 e. The summed E-state index contributed by atoms with van der Waals surface area (Å²) >= 11 is 0. The van der Waals surface area contributed by atoms with E-state index in [1.165, 1.54) is 180 Å². The summed E-state index contributed by atoms with van der Waals surface area (Å²) < 4.78 is 16.7. The number of unbranched alkanes of at least 4 members (excludes halogenated alkanes) is 34. The number of carbonyl (C=O) groups excluding carboxylic acids is 3. The van der Waals surface area contributed by atoms with Crippen LogP contribution in [0.3, 0.4) is 0 Å². The van der Waals surface area contributed by atoms with Crippen molar-refractivity contribution in [2.45, 2.75) is 284 Å². The van der Waals surface area contributed by atoms with Gasteiger partial charge < -0.3 is 14.2 Å². The van der Waals surface area contributed by atoms with Crippen molar-refractivity contribution in [1.29, 1.82) is 0 Å². The maximum absolute atomic E-state index is 12.6. The Morgan fingerprint density at radius 2 is 0.491 bits per heavy atom. The molecule has 0 saturated heterocycles. The van der Waals surface area contributed by atoms with Crippen molar-refractivity contribution in [2.24, 2.45) is 0 Å². The van der Waals surface area contributed by atoms with E-state index in [4.69, 9.17) is 14.2 Å². The second-order valence-corrected chi connectivity index (χ2v) is 16.7. The largest absolute Gasteiger partial charge is 0.462 e. The van der Waals surface area contributed by atoms with Crippen LogP contribution in [-0.2, 0) is 28.6 Å². The summed E-state index contributed by atoms with van der Waals surface area (Å²) in [6.07, 6.45) is 46.9. The Bertz CT molecular complexity index is 813. The van der Waals surface area contributed by atoms with Gasteiger partial charge in [-0.2, -0.15) is 0 Å². The van der Waals surface area contributed by atoms with Crippen LogP contribution in [0.4, 0.5) is 0 Å². The summed E-state index contributed by atoms with van der Waals surface area (Å²) in [7, 11) is 0. The van der Waals surface area contributed by atoms with Gasteiger partial charge in [-0.15, -0.1) is 0 Å². The summed E-state index contributed by atoms with van der Waals surface area (Å²) in [5.41, 5.74) is 0. The lowest BCUT2D eigenvalue weighted by Gasteiger charge is -2.18. The SMILES string of the molecule is CCCCCCCCCCCCCCCCCCCCCCCC(=O)OCC(COC(=O)CCCCCCCCC)OC(=O)CCCCCCCCCCC. The normalized spacial score (nSPS) is 11.8. The summed E-state index contributed by atoms with van der Waals surface area (Å²) in [6, 6.07) is 0. The fourth-order valence-corrected chi connectivity index (χ4v) is 7.38. The van der Waals surface area contributed by atoms with Crippen molar-refractivity contribution < 1.29 is 28.6 Å². The molecule has 1 atom stereocenters. The summed E-state index contributed by atoms with van der Waals surface area (Å²) in [4.78, 5) is 37.6. The monoisotopic (exact) mass is 779 g/mol. The van der Waals surface area contributed by atoms with Gasteiger partial charge in [0.2, 0.25) is 0 Å². The minimum absolute atomic E-state index is 0.0632. The molecule has 0 rings (SSSR count). The lowest BCUT2D eigenvalue weighted by atomic mass is 10.0. The molecule has 0 aromatic heterocycles. The third-order valence-electron chi connectivity index (χ3n) is 11.1. The number of esters is 3. The number of ether oxygens (including phenoxy) is 3. The van der Waals surface area contributed by atoms with E-state index in [9.17, 15) is 14.4 Å². The average molecular weight is 779 g/mol. The van der Waals surface area contributed by atoms with Gasteiger partial charge in [0, 0.05) is 19.3 Å². The number of hydrogen-bond donors (Lipinski definition) is 0. The summed E-state index contributed by atoms with van der Waals surface area (Å²) in [5, 5.41) is 0. The molecule has 0 amide bonds. The highest BCUT2D eigenvalue weighted by Gasteiger charge is 2.19. The molecule has 6 nitrogen and oxygen atoms in total. The number of hydrogen-bond acceptors (Lipinski definition) is 6. The lowest BCUT2D eigenvalue weighted by molar-refractivity contribution is -0.167. The fraction of sp³-hybridized carbons (Fsp3) is 0.939. The molecule has 0 aliphatic carbocycles. The minimum atomic E-state index is -0.757. The molecule has 0 aromatic rings. The third-order valence-corrected chi connectivity index (χ3v) is 11.1. The van der Waals surface area contributed by atoms with Crippen LogP contribution in [-0.4, -0.2) is 37.2 Å². The van der Waals surface area contributed by atoms with Gasteiger partial charge in [0.25, 0.3) is 0 Å². The molecule has 0 saturated carbocycles. The standard InChI is InChI=1S/C49H94O6/c1-4-7-10-13-16-18-19-20-21-22-23-24-25-26-27-28-29-31-33-36-39-42-48(51)54-45-46(44-53-47(50)41-38-35-32-15-12-9-6-3)55-49(52)43-40-37-34-30-17-14-11-8-5-2/h46H,4-45H2,1-3H3. The van der Waals surface area contributed by atoms with Crippen molar-refractivity contribution >= 4 is 17.9 Å². The molecule has 6 heteroatoms. The predicted octanol–water partition coefficient (Wildman–Crippen LogP) is 15.6. The highest BCUT2D eigenvalue weighted by atomic mass is 16.6. The second kappa shape index (κ2) is 45.1. The summed E-state index contributed by atoms with van der Waals surface area (Å²) in [5.74, 6) is -0.858. The van der Waals surface area contributed by atoms with Gasteiger partial charge in [-0.25, -0.2) is 0 Å². The molecule has 0 fully saturated rings. The van der Waals surface area contributed by atoms with E-state index in [1.54, 1.807) is 0 Å². The topological polar surface area (TPSA) is 78.9 Å². The molecule has 0 aliphatic heterocycles. The van der Waals surface area contributed by atoms with E-state index in [0.29, 0.717) is 19.3 Å². The van der Waals surface area contributed by atoms with Crippen LogP contribution in [0.15, 0.2) is 0 Å². The van der Waals surface area contributed by atoms with Crippen LogP contribution in [0.2, 0.25) is 0 Å². The van der Waals surface area contributed by atoms with Crippen molar-refractivity contribution in [2.75, 3.05) is 13.2 Å². The van der Waals surface area contributed by atoms with Crippen LogP contribution >= 0.6 is 0 Å². The van der Waals surface area contributed by atoms with Gasteiger partial charge in [-0.1, -0.05) is 239 Å². The van der Waals surface area contributed by atoms with Crippen molar-refractivity contribution in [1.82, 2.24) is 0 Å². The Balaban J connectivity index is 4.07. The van der Waals surface area contributed by atoms with Crippen LogP contribution < -0.4 is 0 Å². The van der Waals surface area contributed by atoms with Crippen molar-refractivity contribution in [3.05, 3.63) is 0 Å². The van der Waals surface area contributed by atoms with E-state index < -0.39 is 6.10 Å². The zero-order valence-corrected chi connectivity index (χ0v) is 37.2. The molecule has 0 spiro atoms. The first-order chi connectivity index (χ1) is 27.0. The van der Waals surface area contributed by atoms with Crippen LogP contribution in [0.1, 0.15) is 278 Å². The van der Waals surface area contributed by atoms with Crippen molar-refractivity contribution in [3.63, 3.8) is 0 Å². The van der Waals surface area contributed by atoms with Gasteiger partial charge in [0.1, 0.15) is 13.2 Å². The van der Waals surface area contributed by atoms with Crippen LogP contribution in [0.25, 0.3) is 0 Å². The highest BCUT2D eigenvalue weighted by molar-refractivity contribution is 5.71. The maximum atomic E-state index is 12.6. The Labute approximate surface area is 342 Å². The Hall–Kier alpha value is -1.59.